The monoisotopic (exact) mass is 247 g/mol. The van der Waals surface area contributed by atoms with Gasteiger partial charge in [0.2, 0.25) is 11.8 Å². The fourth-order valence-corrected chi connectivity index (χ4v) is 2.07. The van der Waals surface area contributed by atoms with E-state index in [2.05, 4.69) is 0 Å². The van der Waals surface area contributed by atoms with E-state index in [1.807, 2.05) is 0 Å². The summed E-state index contributed by atoms with van der Waals surface area (Å²) in [5.74, 6) is -1.52. The van der Waals surface area contributed by atoms with Crippen molar-refractivity contribution in [2.45, 2.75) is 26.3 Å². The van der Waals surface area contributed by atoms with E-state index < -0.39 is 5.97 Å². The third-order valence-corrected chi connectivity index (χ3v) is 3.11. The molecule has 1 aliphatic rings. The number of hydrogen-bond donors (Lipinski definition) is 1. The number of rotatable bonds is 3. The molecule has 1 N–H and O–H groups in total. The van der Waals surface area contributed by atoms with Crippen molar-refractivity contribution in [1.29, 1.82) is 0 Å². The summed E-state index contributed by atoms with van der Waals surface area (Å²) in [6.07, 6.45) is 0.431. The molecule has 1 fully saturated rings. The molecule has 0 aromatic heterocycles. The maximum absolute atomic E-state index is 11.5. The number of amides is 2. The summed E-state index contributed by atoms with van der Waals surface area (Å²) in [6, 6.07) is 4.90. The Labute approximate surface area is 104 Å². The Bertz CT molecular complexity index is 520. The summed E-state index contributed by atoms with van der Waals surface area (Å²) >= 11 is 0. The quantitative estimate of drug-likeness (QED) is 0.818. The smallest absolute Gasteiger partial charge is 0.336 e. The fraction of sp³-hybridized carbons (Fsp3) is 0.308. The predicted octanol–water partition coefficient (Wildman–Crippen LogP) is 1.34. The Balaban J connectivity index is 2.36. The number of benzene rings is 1. The van der Waals surface area contributed by atoms with E-state index in [1.165, 1.54) is 6.07 Å². The van der Waals surface area contributed by atoms with Crippen LogP contribution in [-0.2, 0) is 16.1 Å². The number of carbonyl (C=O) groups excluding carboxylic acids is 2. The molecule has 2 rings (SSSR count). The lowest BCUT2D eigenvalue weighted by Gasteiger charge is -2.17. The predicted molar refractivity (Wildman–Crippen MR) is 62.9 cm³/mol. The zero-order chi connectivity index (χ0) is 13.3. The van der Waals surface area contributed by atoms with Crippen LogP contribution in [0.4, 0.5) is 0 Å². The van der Waals surface area contributed by atoms with Gasteiger partial charge in [-0.1, -0.05) is 12.1 Å². The first-order valence-electron chi connectivity index (χ1n) is 5.65. The number of aromatic carboxylic acids is 1. The number of carboxylic acids is 1. The van der Waals surface area contributed by atoms with Crippen LogP contribution in [0.3, 0.4) is 0 Å². The van der Waals surface area contributed by atoms with E-state index in [0.29, 0.717) is 5.56 Å². The number of imide groups is 1. The van der Waals surface area contributed by atoms with Crippen molar-refractivity contribution in [3.8, 4) is 0 Å². The molecule has 94 valence electrons. The summed E-state index contributed by atoms with van der Waals surface area (Å²) < 4.78 is 0. The number of likely N-dealkylation sites (tertiary alicyclic amines) is 1. The molecule has 1 heterocycles. The van der Waals surface area contributed by atoms with E-state index in [1.54, 1.807) is 19.1 Å². The van der Waals surface area contributed by atoms with Crippen molar-refractivity contribution >= 4 is 17.8 Å². The van der Waals surface area contributed by atoms with Crippen molar-refractivity contribution in [2.24, 2.45) is 0 Å². The number of carboxylic acid groups (broad SMARTS) is 1. The highest BCUT2D eigenvalue weighted by molar-refractivity contribution is 6.02. The van der Waals surface area contributed by atoms with Crippen LogP contribution in [0.1, 0.15) is 34.3 Å². The van der Waals surface area contributed by atoms with Gasteiger partial charge in [0, 0.05) is 12.8 Å². The van der Waals surface area contributed by atoms with Crippen molar-refractivity contribution in [2.75, 3.05) is 0 Å². The van der Waals surface area contributed by atoms with Crippen molar-refractivity contribution in [3.63, 3.8) is 0 Å². The summed E-state index contributed by atoms with van der Waals surface area (Å²) in [5, 5.41) is 9.11. The van der Waals surface area contributed by atoms with Crippen LogP contribution in [0.5, 0.6) is 0 Å². The van der Waals surface area contributed by atoms with E-state index in [-0.39, 0.29) is 36.8 Å². The van der Waals surface area contributed by atoms with Crippen LogP contribution in [0, 0.1) is 6.92 Å². The zero-order valence-electron chi connectivity index (χ0n) is 9.97. The van der Waals surface area contributed by atoms with Gasteiger partial charge >= 0.3 is 5.97 Å². The number of hydrogen-bond acceptors (Lipinski definition) is 3. The Kier molecular flexibility index (Phi) is 3.14. The lowest BCUT2D eigenvalue weighted by molar-refractivity contribution is -0.139. The second-order valence-electron chi connectivity index (χ2n) is 4.28. The highest BCUT2D eigenvalue weighted by Crippen LogP contribution is 2.21. The van der Waals surface area contributed by atoms with Gasteiger partial charge in [-0.3, -0.25) is 14.5 Å². The molecule has 0 unspecified atom stereocenters. The second-order valence-corrected chi connectivity index (χ2v) is 4.28. The molecular formula is C13H13NO4. The van der Waals surface area contributed by atoms with Crippen LogP contribution >= 0.6 is 0 Å². The summed E-state index contributed by atoms with van der Waals surface area (Å²) in [5.41, 5.74) is 1.43. The number of carbonyl (C=O) groups is 3. The highest BCUT2D eigenvalue weighted by atomic mass is 16.4. The maximum Gasteiger partial charge on any atom is 0.336 e. The third-order valence-electron chi connectivity index (χ3n) is 3.11. The average Bonchev–Trinajstić information content (AvgIpc) is 2.62. The molecule has 1 aliphatic heterocycles. The van der Waals surface area contributed by atoms with Crippen LogP contribution in [0.15, 0.2) is 18.2 Å². The first-order chi connectivity index (χ1) is 8.50. The lowest BCUT2D eigenvalue weighted by Crippen LogP contribution is -2.29. The van der Waals surface area contributed by atoms with Crippen LogP contribution in [0.2, 0.25) is 0 Å². The molecule has 0 bridgehead atoms. The Morgan fingerprint density at radius 1 is 1.28 bits per heavy atom. The molecule has 0 atom stereocenters. The minimum atomic E-state index is -1.05. The molecular weight excluding hydrogens is 234 g/mol. The lowest BCUT2D eigenvalue weighted by atomic mass is 10.0. The minimum Gasteiger partial charge on any atom is -0.478 e. The van der Waals surface area contributed by atoms with Crippen LogP contribution < -0.4 is 0 Å². The summed E-state index contributed by atoms with van der Waals surface area (Å²) in [7, 11) is 0. The van der Waals surface area contributed by atoms with E-state index in [0.717, 1.165) is 10.5 Å². The van der Waals surface area contributed by atoms with Gasteiger partial charge in [0.05, 0.1) is 12.1 Å². The van der Waals surface area contributed by atoms with Gasteiger partial charge in [-0.25, -0.2) is 4.79 Å². The van der Waals surface area contributed by atoms with Gasteiger partial charge in [-0.15, -0.1) is 0 Å². The second kappa shape index (κ2) is 4.60. The van der Waals surface area contributed by atoms with Crippen LogP contribution in [0.25, 0.3) is 0 Å². The minimum absolute atomic E-state index is 0.0476. The molecule has 1 aromatic rings. The average molecular weight is 247 g/mol. The first kappa shape index (κ1) is 12.3. The topological polar surface area (TPSA) is 74.7 Å². The van der Waals surface area contributed by atoms with Crippen LogP contribution in [-0.4, -0.2) is 27.8 Å². The number of nitrogens with zero attached hydrogens (tertiary/aromatic N) is 1. The Morgan fingerprint density at radius 2 is 1.89 bits per heavy atom. The standard InChI is InChI=1S/C13H13NO4/c1-8-3-2-4-9(13(17)18)10(8)7-14-11(15)5-6-12(14)16/h2-4H,5-7H2,1H3,(H,17,18). The third kappa shape index (κ3) is 2.11. The Morgan fingerprint density at radius 3 is 2.44 bits per heavy atom. The molecule has 0 aliphatic carbocycles. The normalized spacial score (nSPS) is 15.3. The van der Waals surface area contributed by atoms with Gasteiger partial charge in [0.1, 0.15) is 0 Å². The Hall–Kier alpha value is -2.17. The van der Waals surface area contributed by atoms with Crippen molar-refractivity contribution in [1.82, 2.24) is 4.90 Å². The summed E-state index contributed by atoms with van der Waals surface area (Å²) in [4.78, 5) is 35.3. The number of aryl methyl sites for hydroxylation is 1. The first-order valence-corrected chi connectivity index (χ1v) is 5.65. The largest absolute Gasteiger partial charge is 0.478 e. The SMILES string of the molecule is Cc1cccc(C(=O)O)c1CN1C(=O)CCC1=O. The molecule has 0 radical (unpaired) electrons. The summed E-state index contributed by atoms with van der Waals surface area (Å²) in [6.45, 7) is 1.82. The molecule has 5 heteroatoms. The van der Waals surface area contributed by atoms with Gasteiger partial charge in [-0.05, 0) is 24.1 Å². The highest BCUT2D eigenvalue weighted by Gasteiger charge is 2.30. The van der Waals surface area contributed by atoms with Gasteiger partial charge in [0.15, 0.2) is 0 Å². The molecule has 1 saturated heterocycles. The van der Waals surface area contributed by atoms with E-state index in [9.17, 15) is 14.4 Å². The van der Waals surface area contributed by atoms with Crippen molar-refractivity contribution < 1.29 is 19.5 Å². The molecule has 1 aromatic carbocycles. The molecule has 0 saturated carbocycles. The van der Waals surface area contributed by atoms with Crippen molar-refractivity contribution in [3.05, 3.63) is 34.9 Å². The molecule has 18 heavy (non-hydrogen) atoms. The van der Waals surface area contributed by atoms with Gasteiger partial charge in [-0.2, -0.15) is 0 Å². The fourth-order valence-electron chi connectivity index (χ4n) is 2.07. The zero-order valence-corrected chi connectivity index (χ0v) is 9.97. The van der Waals surface area contributed by atoms with Gasteiger partial charge in [0.25, 0.3) is 0 Å². The van der Waals surface area contributed by atoms with E-state index >= 15 is 0 Å². The molecule has 5 nitrogen and oxygen atoms in total. The molecule has 2 amide bonds. The molecule has 0 spiro atoms. The van der Waals surface area contributed by atoms with E-state index in [4.69, 9.17) is 5.11 Å². The maximum atomic E-state index is 11.5. The van der Waals surface area contributed by atoms with Gasteiger partial charge < -0.3 is 5.11 Å².